The van der Waals surface area contributed by atoms with E-state index in [0.717, 1.165) is 33.6 Å². The van der Waals surface area contributed by atoms with Crippen molar-refractivity contribution in [2.45, 2.75) is 0 Å². The van der Waals surface area contributed by atoms with Gasteiger partial charge >= 0.3 is 0 Å². The zero-order valence-electron chi connectivity index (χ0n) is 25.4. The zero-order valence-corrected chi connectivity index (χ0v) is 26.2. The first-order chi connectivity index (χ1) is 23.3. The molecule has 0 spiro atoms. The van der Waals surface area contributed by atoms with E-state index in [1.165, 1.54) is 58.2 Å². The molecule has 0 saturated heterocycles. The smallest absolute Gasteiger partial charge is 0.143 e. The van der Waals surface area contributed by atoms with E-state index in [0.29, 0.717) is 0 Å². The van der Waals surface area contributed by atoms with Crippen LogP contribution in [0.1, 0.15) is 0 Å². The van der Waals surface area contributed by atoms with Gasteiger partial charge in [-0.25, -0.2) is 0 Å². The van der Waals surface area contributed by atoms with Gasteiger partial charge in [-0.15, -0.1) is 11.3 Å². The molecule has 0 radical (unpaired) electrons. The Morgan fingerprint density at radius 1 is 0.426 bits per heavy atom. The van der Waals surface area contributed by atoms with Crippen LogP contribution in [0.4, 0.5) is 17.1 Å². The summed E-state index contributed by atoms with van der Waals surface area (Å²) in [6, 6.07) is 58.9. The molecule has 3 heteroatoms. The zero-order chi connectivity index (χ0) is 30.9. The summed E-state index contributed by atoms with van der Waals surface area (Å²) in [6.07, 6.45) is 0. The number of para-hydroxylation sites is 1. The molecule has 2 heterocycles. The third-order valence-corrected chi connectivity index (χ3v) is 10.6. The average molecular weight is 618 g/mol. The second-order valence-electron chi connectivity index (χ2n) is 12.1. The van der Waals surface area contributed by atoms with Gasteiger partial charge in [-0.2, -0.15) is 0 Å². The Labute approximate surface area is 275 Å². The molecular formula is C44H27NOS. The maximum atomic E-state index is 6.58. The first kappa shape index (κ1) is 26.3. The topological polar surface area (TPSA) is 16.4 Å². The number of hydrogen-bond donors (Lipinski definition) is 0. The summed E-state index contributed by atoms with van der Waals surface area (Å²) >= 11 is 1.84. The summed E-state index contributed by atoms with van der Waals surface area (Å²) in [7, 11) is 0. The lowest BCUT2D eigenvalue weighted by atomic mass is 9.98. The minimum Gasteiger partial charge on any atom is -0.455 e. The third kappa shape index (κ3) is 4.10. The Morgan fingerprint density at radius 2 is 1.11 bits per heavy atom. The molecule has 2 nitrogen and oxygen atoms in total. The molecule has 0 unspecified atom stereocenters. The molecule has 0 aliphatic heterocycles. The van der Waals surface area contributed by atoms with Crippen molar-refractivity contribution in [2.24, 2.45) is 0 Å². The molecule has 2 aromatic heterocycles. The van der Waals surface area contributed by atoms with Crippen molar-refractivity contribution in [1.29, 1.82) is 0 Å². The summed E-state index contributed by atoms with van der Waals surface area (Å²) in [6.45, 7) is 0. The quantitative estimate of drug-likeness (QED) is 0.195. The fourth-order valence-electron chi connectivity index (χ4n) is 7.28. The minimum atomic E-state index is 0.929. The molecule has 0 atom stereocenters. The van der Waals surface area contributed by atoms with Crippen molar-refractivity contribution in [3.63, 3.8) is 0 Å². The molecular weight excluding hydrogens is 591 g/mol. The molecule has 0 fully saturated rings. The molecule has 8 aromatic carbocycles. The molecule has 10 rings (SSSR count). The Morgan fingerprint density at radius 3 is 1.96 bits per heavy atom. The number of thiophene rings is 1. The van der Waals surface area contributed by atoms with Crippen LogP contribution < -0.4 is 4.90 Å². The van der Waals surface area contributed by atoms with Gasteiger partial charge in [0, 0.05) is 53.4 Å². The fourth-order valence-corrected chi connectivity index (χ4v) is 8.37. The van der Waals surface area contributed by atoms with E-state index in [4.69, 9.17) is 4.42 Å². The number of hydrogen-bond acceptors (Lipinski definition) is 3. The van der Waals surface area contributed by atoms with Crippen molar-refractivity contribution >= 4 is 92.1 Å². The standard InChI is InChI=1S/C44H27NOS/c1-2-12-31(13-3-1)45(32-20-17-30(18-21-32)35-16-8-11-28-9-4-6-14-34(28)35)33-22-25-40-38(27-33)43-41(47-40)26-24-39-42(43)37-23-19-29-10-5-7-15-36(29)44(37)46-39/h1-27H. The monoisotopic (exact) mass is 617 g/mol. The highest BCUT2D eigenvalue weighted by Crippen LogP contribution is 2.46. The molecule has 10 aromatic rings. The van der Waals surface area contributed by atoms with E-state index in [9.17, 15) is 0 Å². The van der Waals surface area contributed by atoms with Crippen molar-refractivity contribution in [3.05, 3.63) is 164 Å². The van der Waals surface area contributed by atoms with Crippen LogP contribution in [-0.4, -0.2) is 0 Å². The Hall–Kier alpha value is -5.90. The lowest BCUT2D eigenvalue weighted by molar-refractivity contribution is 0.673. The van der Waals surface area contributed by atoms with Gasteiger partial charge in [0.05, 0.1) is 0 Å². The lowest BCUT2D eigenvalue weighted by Crippen LogP contribution is -2.09. The van der Waals surface area contributed by atoms with E-state index < -0.39 is 0 Å². The average Bonchev–Trinajstić information content (AvgIpc) is 3.70. The Balaban J connectivity index is 1.17. The van der Waals surface area contributed by atoms with Crippen molar-refractivity contribution < 1.29 is 4.42 Å². The summed E-state index contributed by atoms with van der Waals surface area (Å²) in [4.78, 5) is 2.36. The first-order valence-electron chi connectivity index (χ1n) is 15.9. The molecule has 0 bridgehead atoms. The van der Waals surface area contributed by atoms with Gasteiger partial charge in [0.1, 0.15) is 11.2 Å². The lowest BCUT2D eigenvalue weighted by Gasteiger charge is -2.26. The summed E-state index contributed by atoms with van der Waals surface area (Å²) < 4.78 is 9.12. The molecule has 0 saturated carbocycles. The highest BCUT2D eigenvalue weighted by atomic mass is 32.1. The van der Waals surface area contributed by atoms with E-state index >= 15 is 0 Å². The maximum absolute atomic E-state index is 6.58. The van der Waals surface area contributed by atoms with Gasteiger partial charge < -0.3 is 9.32 Å². The SMILES string of the molecule is c1ccc(N(c2ccc(-c3cccc4ccccc34)cc2)c2ccc3sc4ccc5oc6c7ccccc7ccc6c5c4c3c2)cc1. The number of benzene rings is 8. The van der Waals surface area contributed by atoms with Crippen LogP contribution in [0.25, 0.3) is 74.8 Å². The number of anilines is 3. The Bertz CT molecular complexity index is 2790. The van der Waals surface area contributed by atoms with Gasteiger partial charge in [0.15, 0.2) is 0 Å². The van der Waals surface area contributed by atoms with Crippen LogP contribution in [0.2, 0.25) is 0 Å². The fraction of sp³-hybridized carbons (Fsp3) is 0. The normalized spacial score (nSPS) is 11.8. The van der Waals surface area contributed by atoms with Gasteiger partial charge in [0.2, 0.25) is 0 Å². The number of rotatable bonds is 4. The van der Waals surface area contributed by atoms with Crippen molar-refractivity contribution in [2.75, 3.05) is 4.90 Å². The van der Waals surface area contributed by atoms with E-state index in [1.54, 1.807) is 0 Å². The molecule has 0 aliphatic rings. The minimum absolute atomic E-state index is 0.929. The van der Waals surface area contributed by atoms with Crippen LogP contribution in [0.3, 0.4) is 0 Å². The highest BCUT2D eigenvalue weighted by Gasteiger charge is 2.19. The van der Waals surface area contributed by atoms with Gasteiger partial charge in [-0.3, -0.25) is 0 Å². The van der Waals surface area contributed by atoms with E-state index in [2.05, 4.69) is 169 Å². The van der Waals surface area contributed by atoms with Crippen LogP contribution in [0, 0.1) is 0 Å². The number of furan rings is 1. The maximum Gasteiger partial charge on any atom is 0.143 e. The van der Waals surface area contributed by atoms with Crippen LogP contribution in [0.15, 0.2) is 168 Å². The highest BCUT2D eigenvalue weighted by molar-refractivity contribution is 7.26. The Kier molecular flexibility index (Phi) is 5.78. The second-order valence-corrected chi connectivity index (χ2v) is 13.2. The predicted molar refractivity (Wildman–Crippen MR) is 202 cm³/mol. The van der Waals surface area contributed by atoms with Crippen molar-refractivity contribution in [1.82, 2.24) is 0 Å². The summed E-state index contributed by atoms with van der Waals surface area (Å²) in [5, 5.41) is 9.73. The summed E-state index contributed by atoms with van der Waals surface area (Å²) in [5.74, 6) is 0. The first-order valence-corrected chi connectivity index (χ1v) is 16.7. The molecule has 47 heavy (non-hydrogen) atoms. The number of nitrogens with zero attached hydrogens (tertiary/aromatic N) is 1. The number of fused-ring (bicyclic) bond motifs is 10. The van der Waals surface area contributed by atoms with Crippen LogP contribution in [0.5, 0.6) is 0 Å². The van der Waals surface area contributed by atoms with Crippen LogP contribution in [-0.2, 0) is 0 Å². The van der Waals surface area contributed by atoms with Gasteiger partial charge in [0.25, 0.3) is 0 Å². The molecule has 220 valence electrons. The third-order valence-electron chi connectivity index (χ3n) is 9.44. The largest absolute Gasteiger partial charge is 0.455 e. The molecule has 0 aliphatic carbocycles. The second kappa shape index (κ2) is 10.3. The molecule has 0 N–H and O–H groups in total. The summed E-state index contributed by atoms with van der Waals surface area (Å²) in [5.41, 5.74) is 7.70. The van der Waals surface area contributed by atoms with Gasteiger partial charge in [-0.05, 0) is 87.9 Å². The van der Waals surface area contributed by atoms with E-state index in [-0.39, 0.29) is 0 Å². The predicted octanol–water partition coefficient (Wildman–Crippen LogP) is 13.4. The van der Waals surface area contributed by atoms with Gasteiger partial charge in [-0.1, -0.05) is 103 Å². The van der Waals surface area contributed by atoms with E-state index in [1.807, 2.05) is 11.3 Å². The van der Waals surface area contributed by atoms with Crippen molar-refractivity contribution in [3.8, 4) is 11.1 Å². The molecule has 0 amide bonds. The van der Waals surface area contributed by atoms with Crippen LogP contribution >= 0.6 is 11.3 Å².